The minimum atomic E-state index is -0.139. The molecule has 0 saturated carbocycles. The maximum absolute atomic E-state index is 9.31. The van der Waals surface area contributed by atoms with Gasteiger partial charge in [0, 0.05) is 20.0 Å². The summed E-state index contributed by atoms with van der Waals surface area (Å²) in [4.78, 5) is 9.31. The van der Waals surface area contributed by atoms with E-state index in [1.807, 2.05) is 0 Å². The van der Waals surface area contributed by atoms with Crippen molar-refractivity contribution >= 4 is 17.7 Å². The maximum atomic E-state index is 9.31. The second-order valence-corrected chi connectivity index (χ2v) is 4.75. The van der Waals surface area contributed by atoms with Crippen molar-refractivity contribution in [1.29, 1.82) is 0 Å². The van der Waals surface area contributed by atoms with Crippen molar-refractivity contribution in [1.82, 2.24) is 5.32 Å². The number of carbonyl (C=O) groups is 1. The Hall–Kier alpha value is -0.0200. The van der Waals surface area contributed by atoms with E-state index >= 15 is 0 Å². The first-order valence-electron chi connectivity index (χ1n) is 5.46. The van der Waals surface area contributed by atoms with Crippen LogP contribution in [0.5, 0.6) is 0 Å². The third-order valence-electron chi connectivity index (χ3n) is 2.56. The molecule has 0 atom stereocenters. The number of carbonyl (C=O) groups excluding carboxylic acids is 1. The first-order valence-corrected chi connectivity index (χ1v) is 5.91. The normalized spacial score (nSPS) is 17.7. The van der Waals surface area contributed by atoms with Gasteiger partial charge in [0.25, 0.3) is 0 Å². The Labute approximate surface area is 93.3 Å². The van der Waals surface area contributed by atoms with Crippen molar-refractivity contribution in [3.63, 3.8) is 0 Å². The van der Waals surface area contributed by atoms with E-state index in [1.165, 1.54) is 45.7 Å². The van der Waals surface area contributed by atoms with Gasteiger partial charge in [-0.2, -0.15) is 0 Å². The van der Waals surface area contributed by atoms with Crippen LogP contribution in [0.15, 0.2) is 0 Å². The molecule has 1 aliphatic heterocycles. The molecule has 1 saturated heterocycles. The molecule has 0 aromatic carbocycles. The summed E-state index contributed by atoms with van der Waals surface area (Å²) >= 11 is 3.33. The Kier molecular flexibility index (Phi) is 7.28. The molecule has 1 aliphatic rings. The van der Waals surface area contributed by atoms with Crippen LogP contribution in [0.3, 0.4) is 0 Å². The van der Waals surface area contributed by atoms with Crippen molar-refractivity contribution in [2.75, 3.05) is 13.1 Å². The van der Waals surface area contributed by atoms with Crippen molar-refractivity contribution in [2.45, 2.75) is 46.5 Å². The van der Waals surface area contributed by atoms with Gasteiger partial charge in [-0.1, -0.05) is 26.7 Å². The van der Waals surface area contributed by atoms with Crippen molar-refractivity contribution in [2.24, 2.45) is 5.41 Å². The fourth-order valence-corrected chi connectivity index (χ4v) is 2.02. The summed E-state index contributed by atoms with van der Waals surface area (Å²) in [7, 11) is 0. The standard InChI is InChI=1S/C9H19N.C2H4OS/c1-3-5-9(6-4-2)7-10-8-9;1-2(3)4/h10H,3-8H2,1-2H3;1H3,(H,3,4). The number of hydrogen-bond acceptors (Lipinski definition) is 2. The molecule has 0 radical (unpaired) electrons. The fourth-order valence-electron chi connectivity index (χ4n) is 2.02. The molecule has 1 N–H and O–H groups in total. The molecule has 0 bridgehead atoms. The summed E-state index contributed by atoms with van der Waals surface area (Å²) in [6.07, 6.45) is 5.55. The summed E-state index contributed by atoms with van der Waals surface area (Å²) < 4.78 is 0. The fraction of sp³-hybridized carbons (Fsp3) is 0.909. The molecule has 84 valence electrons. The minimum absolute atomic E-state index is 0.139. The van der Waals surface area contributed by atoms with E-state index in [2.05, 4.69) is 31.8 Å². The molecule has 3 heteroatoms. The van der Waals surface area contributed by atoms with E-state index < -0.39 is 0 Å². The van der Waals surface area contributed by atoms with Crippen LogP contribution >= 0.6 is 12.6 Å². The van der Waals surface area contributed by atoms with Gasteiger partial charge in [0.1, 0.15) is 0 Å². The Morgan fingerprint density at radius 2 is 1.64 bits per heavy atom. The van der Waals surface area contributed by atoms with Crippen LogP contribution in [-0.4, -0.2) is 18.2 Å². The van der Waals surface area contributed by atoms with Crippen LogP contribution in [0.25, 0.3) is 0 Å². The third kappa shape index (κ3) is 5.66. The number of nitrogens with one attached hydrogen (secondary N) is 1. The summed E-state index contributed by atoms with van der Waals surface area (Å²) in [6.45, 7) is 8.51. The second kappa shape index (κ2) is 7.30. The first kappa shape index (κ1) is 14.0. The van der Waals surface area contributed by atoms with Gasteiger partial charge in [-0.15, -0.1) is 12.6 Å². The molecular formula is C11H23NOS. The molecule has 2 nitrogen and oxygen atoms in total. The van der Waals surface area contributed by atoms with Gasteiger partial charge in [-0.05, 0) is 18.3 Å². The van der Waals surface area contributed by atoms with Gasteiger partial charge >= 0.3 is 0 Å². The van der Waals surface area contributed by atoms with E-state index in [4.69, 9.17) is 0 Å². The van der Waals surface area contributed by atoms with E-state index in [-0.39, 0.29) is 5.12 Å². The van der Waals surface area contributed by atoms with Crippen molar-refractivity contribution in [3.8, 4) is 0 Å². The SMILES string of the molecule is CC(=O)S.CCCC1(CCC)CNC1. The lowest BCUT2D eigenvalue weighted by molar-refractivity contribution is -0.108. The Morgan fingerprint density at radius 3 is 1.79 bits per heavy atom. The van der Waals surface area contributed by atoms with E-state index in [1.54, 1.807) is 0 Å². The first-order chi connectivity index (χ1) is 6.56. The van der Waals surface area contributed by atoms with Crippen molar-refractivity contribution in [3.05, 3.63) is 0 Å². The predicted molar refractivity (Wildman–Crippen MR) is 64.8 cm³/mol. The lowest BCUT2D eigenvalue weighted by Gasteiger charge is -2.42. The molecule has 1 rings (SSSR count). The molecule has 0 aromatic heterocycles. The molecule has 1 fully saturated rings. The number of thiol groups is 1. The van der Waals surface area contributed by atoms with Gasteiger partial charge in [0.2, 0.25) is 0 Å². The molecular weight excluding hydrogens is 194 g/mol. The lowest BCUT2D eigenvalue weighted by Crippen LogP contribution is -2.53. The summed E-state index contributed by atoms with van der Waals surface area (Å²) in [5.41, 5.74) is 0.712. The molecule has 0 spiro atoms. The molecule has 14 heavy (non-hydrogen) atoms. The smallest absolute Gasteiger partial charge is 0.182 e. The van der Waals surface area contributed by atoms with E-state index in [0.29, 0.717) is 5.41 Å². The largest absolute Gasteiger partial charge is 0.316 e. The van der Waals surface area contributed by atoms with Gasteiger partial charge in [-0.25, -0.2) is 0 Å². The van der Waals surface area contributed by atoms with E-state index in [0.717, 1.165) is 0 Å². The Bertz CT molecular complexity index is 155. The average Bonchev–Trinajstić information content (AvgIpc) is 2.00. The monoisotopic (exact) mass is 217 g/mol. The van der Waals surface area contributed by atoms with Gasteiger partial charge in [-0.3, -0.25) is 4.79 Å². The highest BCUT2D eigenvalue weighted by Crippen LogP contribution is 2.33. The zero-order valence-electron chi connectivity index (χ0n) is 9.60. The van der Waals surface area contributed by atoms with Crippen LogP contribution < -0.4 is 5.32 Å². The topological polar surface area (TPSA) is 29.1 Å². The van der Waals surface area contributed by atoms with Gasteiger partial charge in [0.15, 0.2) is 5.12 Å². The van der Waals surface area contributed by atoms with Crippen LogP contribution in [-0.2, 0) is 4.79 Å². The molecule has 0 aromatic rings. The third-order valence-corrected chi connectivity index (χ3v) is 2.56. The molecule has 1 heterocycles. The maximum Gasteiger partial charge on any atom is 0.182 e. The second-order valence-electron chi connectivity index (χ2n) is 4.12. The Morgan fingerprint density at radius 1 is 1.29 bits per heavy atom. The highest BCUT2D eigenvalue weighted by atomic mass is 32.1. The Balaban J connectivity index is 0.000000364. The quantitative estimate of drug-likeness (QED) is 0.709. The molecule has 0 aliphatic carbocycles. The van der Waals surface area contributed by atoms with Crippen LogP contribution in [0.4, 0.5) is 0 Å². The predicted octanol–water partition coefficient (Wildman–Crippen LogP) is 2.64. The van der Waals surface area contributed by atoms with Crippen LogP contribution in [0.2, 0.25) is 0 Å². The molecule has 0 amide bonds. The van der Waals surface area contributed by atoms with Gasteiger partial charge < -0.3 is 5.32 Å². The highest BCUT2D eigenvalue weighted by Gasteiger charge is 2.34. The molecule has 0 unspecified atom stereocenters. The van der Waals surface area contributed by atoms with E-state index in [9.17, 15) is 4.79 Å². The average molecular weight is 217 g/mol. The minimum Gasteiger partial charge on any atom is -0.316 e. The highest BCUT2D eigenvalue weighted by molar-refractivity contribution is 7.96. The number of hydrogen-bond donors (Lipinski definition) is 2. The summed E-state index contributed by atoms with van der Waals surface area (Å²) in [5, 5.41) is 3.23. The number of rotatable bonds is 4. The zero-order valence-corrected chi connectivity index (χ0v) is 10.5. The summed E-state index contributed by atoms with van der Waals surface area (Å²) in [5.74, 6) is 0. The van der Waals surface area contributed by atoms with Crippen LogP contribution in [0, 0.1) is 5.41 Å². The zero-order chi connectivity index (χ0) is 11.0. The lowest BCUT2D eigenvalue weighted by atomic mass is 9.74. The van der Waals surface area contributed by atoms with Crippen LogP contribution in [0.1, 0.15) is 46.5 Å². The summed E-state index contributed by atoms with van der Waals surface area (Å²) in [6, 6.07) is 0. The van der Waals surface area contributed by atoms with Gasteiger partial charge in [0.05, 0.1) is 0 Å². The van der Waals surface area contributed by atoms with Crippen molar-refractivity contribution < 1.29 is 4.79 Å².